The number of fused-ring (bicyclic) bond motifs is 1. The monoisotopic (exact) mass is 409 g/mol. The van der Waals surface area contributed by atoms with Gasteiger partial charge in [-0.3, -0.25) is 28.9 Å². The second-order valence-corrected chi connectivity index (χ2v) is 6.39. The summed E-state index contributed by atoms with van der Waals surface area (Å²) in [5.41, 5.74) is 1.30. The van der Waals surface area contributed by atoms with Crippen LogP contribution >= 0.6 is 0 Å². The molecule has 0 aromatic heterocycles. The smallest absolute Gasteiger partial charge is 0.326 e. The van der Waals surface area contributed by atoms with Crippen molar-refractivity contribution in [1.29, 1.82) is 0 Å². The van der Waals surface area contributed by atoms with Crippen LogP contribution in [0.4, 0.5) is 11.4 Å². The lowest BCUT2D eigenvalue weighted by molar-refractivity contribution is -0.146. The van der Waals surface area contributed by atoms with E-state index in [1.807, 2.05) is 0 Å². The van der Waals surface area contributed by atoms with E-state index >= 15 is 0 Å². The Bertz CT molecular complexity index is 1030. The zero-order valence-electron chi connectivity index (χ0n) is 16.1. The Morgan fingerprint density at radius 2 is 1.80 bits per heavy atom. The molecule has 0 atom stereocenters. The number of hydrogen-bond acceptors (Lipinski definition) is 6. The van der Waals surface area contributed by atoms with Crippen LogP contribution in [0, 0.1) is 0 Å². The van der Waals surface area contributed by atoms with Crippen LogP contribution in [-0.4, -0.2) is 49.2 Å². The van der Waals surface area contributed by atoms with Gasteiger partial charge in [-0.2, -0.15) is 0 Å². The van der Waals surface area contributed by atoms with Gasteiger partial charge in [-0.15, -0.1) is 0 Å². The first-order valence-electron chi connectivity index (χ1n) is 9.19. The van der Waals surface area contributed by atoms with Crippen molar-refractivity contribution in [3.63, 3.8) is 0 Å². The van der Waals surface area contributed by atoms with Crippen molar-refractivity contribution in [1.82, 2.24) is 5.32 Å². The molecule has 3 rings (SSSR count). The van der Waals surface area contributed by atoms with Crippen LogP contribution < -0.4 is 15.5 Å². The first kappa shape index (κ1) is 20.7. The van der Waals surface area contributed by atoms with Crippen molar-refractivity contribution in [2.24, 2.45) is 0 Å². The molecule has 0 bridgehead atoms. The van der Waals surface area contributed by atoms with Crippen molar-refractivity contribution >= 4 is 40.8 Å². The highest BCUT2D eigenvalue weighted by atomic mass is 16.5. The topological polar surface area (TPSA) is 122 Å². The molecular weight excluding hydrogens is 390 g/mol. The molecule has 0 aliphatic carbocycles. The largest absolute Gasteiger partial charge is 0.454 e. The van der Waals surface area contributed by atoms with E-state index in [0.29, 0.717) is 23.5 Å². The fourth-order valence-electron chi connectivity index (χ4n) is 2.92. The number of hydrogen-bond donors (Lipinski definition) is 2. The number of rotatable bonds is 7. The van der Waals surface area contributed by atoms with Gasteiger partial charge in [-0.25, -0.2) is 0 Å². The first-order chi connectivity index (χ1) is 14.4. The third kappa shape index (κ3) is 4.52. The number of ketones is 1. The lowest BCUT2D eigenvalue weighted by Gasteiger charge is -2.15. The fourth-order valence-corrected chi connectivity index (χ4v) is 2.92. The van der Waals surface area contributed by atoms with E-state index in [2.05, 4.69) is 10.6 Å². The Hall–Kier alpha value is -4.01. The molecule has 2 aromatic carbocycles. The van der Waals surface area contributed by atoms with E-state index in [4.69, 9.17) is 4.74 Å². The molecule has 154 valence electrons. The number of carbonyl (C=O) groups excluding carboxylic acids is 5. The predicted octanol–water partition coefficient (Wildman–Crippen LogP) is 1.15. The second-order valence-electron chi connectivity index (χ2n) is 6.39. The normalized spacial score (nSPS) is 12.4. The molecule has 0 saturated carbocycles. The molecular formula is C21H19N3O6. The Morgan fingerprint density at radius 1 is 1.03 bits per heavy atom. The van der Waals surface area contributed by atoms with Gasteiger partial charge in [0.15, 0.2) is 6.61 Å². The minimum absolute atomic E-state index is 0.222. The van der Waals surface area contributed by atoms with Gasteiger partial charge >= 0.3 is 5.97 Å². The van der Waals surface area contributed by atoms with Gasteiger partial charge in [0, 0.05) is 17.8 Å². The summed E-state index contributed by atoms with van der Waals surface area (Å²) in [6.45, 7) is 1.20. The second kappa shape index (κ2) is 8.99. The van der Waals surface area contributed by atoms with E-state index in [0.717, 1.165) is 4.90 Å². The number of amides is 3. The summed E-state index contributed by atoms with van der Waals surface area (Å²) in [7, 11) is 0. The Morgan fingerprint density at radius 3 is 2.57 bits per heavy atom. The van der Waals surface area contributed by atoms with Gasteiger partial charge in [0.2, 0.25) is 0 Å². The van der Waals surface area contributed by atoms with Crippen molar-refractivity contribution < 1.29 is 28.7 Å². The number of Topliss-reactive ketones (excluding diaryl/α,β-unsaturated/α-hetero) is 1. The molecule has 2 aromatic rings. The van der Waals surface area contributed by atoms with Crippen LogP contribution in [0.25, 0.3) is 0 Å². The van der Waals surface area contributed by atoms with Crippen LogP contribution in [-0.2, 0) is 19.1 Å². The highest BCUT2D eigenvalue weighted by molar-refractivity contribution is 6.52. The van der Waals surface area contributed by atoms with E-state index in [1.54, 1.807) is 43.3 Å². The summed E-state index contributed by atoms with van der Waals surface area (Å²) >= 11 is 0. The van der Waals surface area contributed by atoms with Crippen molar-refractivity contribution in [3.05, 3.63) is 59.7 Å². The standard InChI is InChI=1S/C21H19N3O6/c1-2-22-20(28)13-6-5-7-14(10-13)23-17(25)12-30-18(26)11-24-16-9-4-3-8-15(16)19(27)21(24)29/h3-10H,2,11-12H2,1H3,(H,22,28)(H,23,25). The van der Waals surface area contributed by atoms with Gasteiger partial charge in [0.05, 0.1) is 11.3 Å². The molecule has 9 heteroatoms. The zero-order chi connectivity index (χ0) is 21.7. The summed E-state index contributed by atoms with van der Waals surface area (Å²) in [6.07, 6.45) is 0. The summed E-state index contributed by atoms with van der Waals surface area (Å²) in [5, 5.41) is 5.18. The van der Waals surface area contributed by atoms with Crippen LogP contribution in [0.1, 0.15) is 27.6 Å². The molecule has 9 nitrogen and oxygen atoms in total. The number of nitrogens with one attached hydrogen (secondary N) is 2. The lowest BCUT2D eigenvalue weighted by Crippen LogP contribution is -2.36. The van der Waals surface area contributed by atoms with E-state index in [-0.39, 0.29) is 11.5 Å². The maximum Gasteiger partial charge on any atom is 0.326 e. The third-order valence-corrected chi connectivity index (χ3v) is 4.28. The van der Waals surface area contributed by atoms with Crippen LogP contribution in [0.5, 0.6) is 0 Å². The molecule has 0 unspecified atom stereocenters. The van der Waals surface area contributed by atoms with Crippen molar-refractivity contribution in [3.8, 4) is 0 Å². The number of anilines is 2. The van der Waals surface area contributed by atoms with Gasteiger partial charge in [-0.05, 0) is 37.3 Å². The quantitative estimate of drug-likeness (QED) is 0.523. The maximum atomic E-state index is 12.1. The molecule has 0 saturated heterocycles. The van der Waals surface area contributed by atoms with E-state index in [9.17, 15) is 24.0 Å². The van der Waals surface area contributed by atoms with Gasteiger partial charge in [0.25, 0.3) is 23.5 Å². The summed E-state index contributed by atoms with van der Waals surface area (Å²) in [6, 6.07) is 12.6. The third-order valence-electron chi connectivity index (χ3n) is 4.28. The SMILES string of the molecule is CCNC(=O)c1cccc(NC(=O)COC(=O)CN2C(=O)C(=O)c3ccccc32)c1. The zero-order valence-corrected chi connectivity index (χ0v) is 16.1. The highest BCUT2D eigenvalue weighted by Gasteiger charge is 2.36. The maximum absolute atomic E-state index is 12.1. The van der Waals surface area contributed by atoms with Crippen molar-refractivity contribution in [2.75, 3.05) is 29.9 Å². The van der Waals surface area contributed by atoms with E-state index in [1.165, 1.54) is 12.1 Å². The fraction of sp³-hybridized carbons (Fsp3) is 0.190. The number of nitrogens with zero attached hydrogens (tertiary/aromatic N) is 1. The van der Waals surface area contributed by atoms with Crippen molar-refractivity contribution in [2.45, 2.75) is 6.92 Å². The number of para-hydroxylation sites is 1. The average molecular weight is 409 g/mol. The molecule has 3 amide bonds. The van der Waals surface area contributed by atoms with E-state index < -0.39 is 36.7 Å². The number of carbonyl (C=O) groups is 5. The summed E-state index contributed by atoms with van der Waals surface area (Å²) in [5.74, 6) is -3.23. The first-order valence-corrected chi connectivity index (χ1v) is 9.19. The molecule has 0 radical (unpaired) electrons. The molecule has 0 spiro atoms. The number of esters is 1. The molecule has 30 heavy (non-hydrogen) atoms. The van der Waals surface area contributed by atoms with Gasteiger partial charge < -0.3 is 15.4 Å². The molecule has 1 aliphatic rings. The lowest BCUT2D eigenvalue weighted by atomic mass is 10.1. The highest BCUT2D eigenvalue weighted by Crippen LogP contribution is 2.28. The number of ether oxygens (including phenoxy) is 1. The summed E-state index contributed by atoms with van der Waals surface area (Å²) < 4.78 is 4.92. The van der Waals surface area contributed by atoms with Crippen LogP contribution in [0.15, 0.2) is 48.5 Å². The molecule has 2 N–H and O–H groups in total. The molecule has 1 heterocycles. The Kier molecular flexibility index (Phi) is 6.21. The minimum Gasteiger partial charge on any atom is -0.454 e. The van der Waals surface area contributed by atoms with Crippen LogP contribution in [0.2, 0.25) is 0 Å². The Balaban J connectivity index is 1.54. The minimum atomic E-state index is -0.834. The predicted molar refractivity (Wildman–Crippen MR) is 107 cm³/mol. The molecule has 1 aliphatic heterocycles. The average Bonchev–Trinajstić information content (AvgIpc) is 2.98. The van der Waals surface area contributed by atoms with Gasteiger partial charge in [0.1, 0.15) is 6.54 Å². The summed E-state index contributed by atoms with van der Waals surface area (Å²) in [4.78, 5) is 61.0. The Labute approximate surface area is 172 Å². The number of benzene rings is 2. The molecule has 0 fully saturated rings. The van der Waals surface area contributed by atoms with Crippen LogP contribution in [0.3, 0.4) is 0 Å². The van der Waals surface area contributed by atoms with Gasteiger partial charge in [-0.1, -0.05) is 18.2 Å².